The molecule has 0 radical (unpaired) electrons. The van der Waals surface area contributed by atoms with Gasteiger partial charge in [0.15, 0.2) is 12.3 Å². The zero-order valence-electron chi connectivity index (χ0n) is 19.5. The fourth-order valence-corrected chi connectivity index (χ4v) is 3.70. The number of aryl methyl sites for hydroxylation is 1. The monoisotopic (exact) mass is 449 g/mol. The lowest BCUT2D eigenvalue weighted by atomic mass is 9.97. The first-order chi connectivity index (χ1) is 16.0. The van der Waals surface area contributed by atoms with E-state index in [1.54, 1.807) is 24.3 Å². The highest BCUT2D eigenvalue weighted by Crippen LogP contribution is 2.26. The van der Waals surface area contributed by atoms with E-state index in [0.717, 1.165) is 31.2 Å². The van der Waals surface area contributed by atoms with E-state index >= 15 is 0 Å². The summed E-state index contributed by atoms with van der Waals surface area (Å²) >= 11 is 0. The van der Waals surface area contributed by atoms with Crippen LogP contribution in [0.1, 0.15) is 68.4 Å². The van der Waals surface area contributed by atoms with Crippen LogP contribution in [0, 0.1) is 0 Å². The molecule has 3 aromatic rings. The summed E-state index contributed by atoms with van der Waals surface area (Å²) < 4.78 is 6.61. The van der Waals surface area contributed by atoms with Gasteiger partial charge in [0.1, 0.15) is 0 Å². The third-order valence-corrected chi connectivity index (χ3v) is 5.75. The first-order valence-corrected chi connectivity index (χ1v) is 11.5. The fourth-order valence-electron chi connectivity index (χ4n) is 3.70. The number of rotatable bonds is 10. The second-order valence-corrected chi connectivity index (χ2v) is 8.15. The van der Waals surface area contributed by atoms with Gasteiger partial charge in [-0.2, -0.15) is 5.10 Å². The Morgan fingerprint density at radius 3 is 2.45 bits per heavy atom. The highest BCUT2D eigenvalue weighted by molar-refractivity contribution is 6.03. The summed E-state index contributed by atoms with van der Waals surface area (Å²) in [6.45, 7) is 6.23. The number of esters is 1. The molecule has 0 aliphatic carbocycles. The number of carbonyl (C=O) groups is 2. The number of unbranched alkanes of at least 4 members (excludes halogenated alkanes) is 2. The molecule has 1 amide bonds. The first kappa shape index (κ1) is 24.2. The summed E-state index contributed by atoms with van der Waals surface area (Å²) in [5.74, 6) is -0.881. The third kappa shape index (κ3) is 5.86. The molecular weight excluding hydrogens is 418 g/mol. The molecule has 2 aromatic carbocycles. The number of hydrogen-bond acceptors (Lipinski definition) is 5. The average molecular weight is 450 g/mol. The smallest absolute Gasteiger partial charge is 0.359 e. The van der Waals surface area contributed by atoms with Crippen LogP contribution < -0.4 is 10.9 Å². The minimum atomic E-state index is -0.735. The van der Waals surface area contributed by atoms with Crippen LogP contribution >= 0.6 is 0 Å². The van der Waals surface area contributed by atoms with Crippen LogP contribution in [-0.4, -0.2) is 28.3 Å². The van der Waals surface area contributed by atoms with E-state index in [-0.39, 0.29) is 17.2 Å². The number of amides is 1. The van der Waals surface area contributed by atoms with Crippen molar-refractivity contribution < 1.29 is 14.3 Å². The van der Waals surface area contributed by atoms with Crippen LogP contribution in [0.15, 0.2) is 53.3 Å². The number of anilines is 1. The number of carbonyl (C=O) groups excluding carboxylic acids is 2. The van der Waals surface area contributed by atoms with Crippen molar-refractivity contribution in [1.82, 2.24) is 9.78 Å². The largest absolute Gasteiger partial charge is 0.451 e. The molecule has 0 bridgehead atoms. The molecule has 0 aliphatic heterocycles. The lowest BCUT2D eigenvalue weighted by Gasteiger charge is -2.15. The highest BCUT2D eigenvalue weighted by Gasteiger charge is 2.19. The number of ether oxygens (including phenoxy) is 1. The minimum absolute atomic E-state index is 0.0366. The van der Waals surface area contributed by atoms with Crippen LogP contribution in [0.3, 0.4) is 0 Å². The predicted octanol–water partition coefficient (Wildman–Crippen LogP) is 4.90. The van der Waals surface area contributed by atoms with Gasteiger partial charge in [-0.1, -0.05) is 70.0 Å². The van der Waals surface area contributed by atoms with Crippen molar-refractivity contribution in [2.75, 3.05) is 11.9 Å². The molecule has 7 nitrogen and oxygen atoms in total. The molecule has 1 atom stereocenters. The highest BCUT2D eigenvalue weighted by atomic mass is 16.5. The number of aromatic nitrogens is 2. The number of nitrogens with one attached hydrogen (secondary N) is 1. The quantitative estimate of drug-likeness (QED) is 0.351. The molecule has 0 saturated carbocycles. The van der Waals surface area contributed by atoms with Crippen molar-refractivity contribution in [2.45, 2.75) is 58.9 Å². The van der Waals surface area contributed by atoms with E-state index in [4.69, 9.17) is 4.74 Å². The summed E-state index contributed by atoms with van der Waals surface area (Å²) in [5, 5.41) is 7.94. The molecule has 174 valence electrons. The van der Waals surface area contributed by atoms with Crippen molar-refractivity contribution in [3.63, 3.8) is 0 Å². The summed E-state index contributed by atoms with van der Waals surface area (Å²) in [7, 11) is 0. The molecule has 0 aliphatic rings. The van der Waals surface area contributed by atoms with Crippen LogP contribution in [0.5, 0.6) is 0 Å². The number of benzene rings is 2. The number of para-hydroxylation sites is 1. The average Bonchev–Trinajstić information content (AvgIpc) is 2.84. The topological polar surface area (TPSA) is 90.3 Å². The molecule has 33 heavy (non-hydrogen) atoms. The lowest BCUT2D eigenvalue weighted by molar-refractivity contribution is -0.119. The Kier molecular flexibility index (Phi) is 8.35. The minimum Gasteiger partial charge on any atom is -0.451 e. The summed E-state index contributed by atoms with van der Waals surface area (Å²) in [6, 6.07) is 14.4. The predicted molar refractivity (Wildman–Crippen MR) is 130 cm³/mol. The first-order valence-electron chi connectivity index (χ1n) is 11.5. The Balaban J connectivity index is 1.76. The third-order valence-electron chi connectivity index (χ3n) is 5.75. The summed E-state index contributed by atoms with van der Waals surface area (Å²) in [5.41, 5.74) is 1.54. The number of nitrogens with zero attached hydrogens (tertiary/aromatic N) is 2. The Morgan fingerprint density at radius 1 is 1.03 bits per heavy atom. The second kappa shape index (κ2) is 11.4. The zero-order chi connectivity index (χ0) is 23.8. The van der Waals surface area contributed by atoms with E-state index < -0.39 is 18.5 Å². The molecular formula is C26H31N3O4. The van der Waals surface area contributed by atoms with Gasteiger partial charge in [-0.3, -0.25) is 9.59 Å². The maximum atomic E-state index is 12.9. The SMILES string of the molecule is CCCCCn1nc(C(=O)OCC(=O)Nc2ccccc2C(C)CC)c2ccccc2c1=O. The zero-order valence-corrected chi connectivity index (χ0v) is 19.5. The van der Waals surface area contributed by atoms with Crippen LogP contribution in [0.2, 0.25) is 0 Å². The normalized spacial score (nSPS) is 11.8. The number of hydrogen-bond donors (Lipinski definition) is 1. The Morgan fingerprint density at radius 2 is 1.73 bits per heavy atom. The van der Waals surface area contributed by atoms with Crippen molar-refractivity contribution in [3.8, 4) is 0 Å². The molecule has 1 unspecified atom stereocenters. The van der Waals surface area contributed by atoms with Crippen LogP contribution in [0.4, 0.5) is 5.69 Å². The van der Waals surface area contributed by atoms with Crippen molar-refractivity contribution in [3.05, 3.63) is 70.1 Å². The Labute approximate surface area is 193 Å². The molecule has 7 heteroatoms. The van der Waals surface area contributed by atoms with Crippen LogP contribution in [0.25, 0.3) is 10.8 Å². The van der Waals surface area contributed by atoms with E-state index in [2.05, 4.69) is 31.2 Å². The fraction of sp³-hybridized carbons (Fsp3) is 0.385. The van der Waals surface area contributed by atoms with E-state index in [1.165, 1.54) is 4.68 Å². The van der Waals surface area contributed by atoms with Gasteiger partial charge in [-0.15, -0.1) is 0 Å². The molecule has 1 aromatic heterocycles. The van der Waals surface area contributed by atoms with Crippen LogP contribution in [-0.2, 0) is 16.1 Å². The summed E-state index contributed by atoms with van der Waals surface area (Å²) in [4.78, 5) is 38.1. The molecule has 0 fully saturated rings. The maximum absolute atomic E-state index is 12.9. The van der Waals surface area contributed by atoms with Gasteiger partial charge < -0.3 is 10.1 Å². The lowest BCUT2D eigenvalue weighted by Crippen LogP contribution is -2.28. The van der Waals surface area contributed by atoms with Gasteiger partial charge in [0, 0.05) is 17.6 Å². The standard InChI is InChI=1S/C26H31N3O4/c1-4-6-11-16-29-25(31)21-14-8-7-13-20(21)24(28-29)26(32)33-17-23(30)27-22-15-10-9-12-19(22)18(3)5-2/h7-10,12-15,18H,4-6,11,16-17H2,1-3H3,(H,27,30). The van der Waals surface area contributed by atoms with Gasteiger partial charge in [0.05, 0.1) is 5.39 Å². The maximum Gasteiger partial charge on any atom is 0.359 e. The van der Waals surface area contributed by atoms with Gasteiger partial charge >= 0.3 is 5.97 Å². The van der Waals surface area contributed by atoms with E-state index in [1.807, 2.05) is 24.3 Å². The molecule has 3 rings (SSSR count). The van der Waals surface area contributed by atoms with Gasteiger partial charge in [0.2, 0.25) is 0 Å². The molecule has 0 saturated heterocycles. The van der Waals surface area contributed by atoms with Gasteiger partial charge in [0.25, 0.3) is 11.5 Å². The molecule has 1 heterocycles. The van der Waals surface area contributed by atoms with E-state index in [9.17, 15) is 14.4 Å². The molecule has 0 spiro atoms. The van der Waals surface area contributed by atoms with Crippen molar-refractivity contribution in [2.24, 2.45) is 0 Å². The number of fused-ring (bicyclic) bond motifs is 1. The second-order valence-electron chi connectivity index (χ2n) is 8.15. The van der Waals surface area contributed by atoms with Crippen molar-refractivity contribution >= 4 is 28.3 Å². The Bertz CT molecular complexity index is 1190. The van der Waals surface area contributed by atoms with Crippen molar-refractivity contribution in [1.29, 1.82) is 0 Å². The molecule has 1 N–H and O–H groups in total. The van der Waals surface area contributed by atoms with Gasteiger partial charge in [-0.25, -0.2) is 9.48 Å². The van der Waals surface area contributed by atoms with E-state index in [0.29, 0.717) is 23.0 Å². The van der Waals surface area contributed by atoms with Gasteiger partial charge in [-0.05, 0) is 36.5 Å². The Hall–Kier alpha value is -3.48. The summed E-state index contributed by atoms with van der Waals surface area (Å²) in [6.07, 6.45) is 3.69.